The van der Waals surface area contributed by atoms with Gasteiger partial charge in [-0.25, -0.2) is 0 Å². The molecule has 0 spiro atoms. The Kier molecular flexibility index (Phi) is 4.90. The van der Waals surface area contributed by atoms with Gasteiger partial charge in [0.15, 0.2) is 0 Å². The van der Waals surface area contributed by atoms with Crippen LogP contribution in [0.4, 0.5) is 0 Å². The van der Waals surface area contributed by atoms with E-state index >= 15 is 0 Å². The molecule has 0 bridgehead atoms. The van der Waals surface area contributed by atoms with E-state index in [-0.39, 0.29) is 0 Å². The van der Waals surface area contributed by atoms with Crippen LogP contribution in [-0.4, -0.2) is 37.6 Å². The molecule has 0 radical (unpaired) electrons. The molecule has 0 aromatic carbocycles. The van der Waals surface area contributed by atoms with Crippen LogP contribution in [0, 0.1) is 11.8 Å². The fourth-order valence-electron chi connectivity index (χ4n) is 2.07. The molecule has 0 amide bonds. The van der Waals surface area contributed by atoms with Gasteiger partial charge in [-0.3, -0.25) is 0 Å². The maximum atomic E-state index is 3.30. The fourth-order valence-corrected chi connectivity index (χ4v) is 2.07. The summed E-state index contributed by atoms with van der Waals surface area (Å²) in [6.45, 7) is 10.9. The summed E-state index contributed by atoms with van der Waals surface area (Å²) in [6, 6.07) is 0.657. The first kappa shape index (κ1) is 12.0. The van der Waals surface area contributed by atoms with Gasteiger partial charge >= 0.3 is 0 Å². The van der Waals surface area contributed by atoms with Crippen LogP contribution in [0.15, 0.2) is 0 Å². The molecule has 2 nitrogen and oxygen atoms in total. The van der Waals surface area contributed by atoms with Crippen LogP contribution >= 0.6 is 0 Å². The standard InChI is InChI=1S/C12H26N2/c1-10-5-7-14(9-11(10)2)8-6-12(3)13-4/h10-13H,5-9H2,1-4H3. The van der Waals surface area contributed by atoms with E-state index in [1.54, 1.807) is 0 Å². The maximum Gasteiger partial charge on any atom is 0.00479 e. The molecule has 0 aromatic rings. The van der Waals surface area contributed by atoms with Crippen LogP contribution < -0.4 is 5.32 Å². The van der Waals surface area contributed by atoms with E-state index in [1.807, 2.05) is 7.05 Å². The minimum absolute atomic E-state index is 0.657. The lowest BCUT2D eigenvalue weighted by atomic mass is 9.88. The second kappa shape index (κ2) is 5.72. The second-order valence-corrected chi connectivity index (χ2v) is 5.02. The number of piperidine rings is 1. The summed E-state index contributed by atoms with van der Waals surface area (Å²) in [7, 11) is 2.05. The zero-order valence-electron chi connectivity index (χ0n) is 10.2. The van der Waals surface area contributed by atoms with Crippen LogP contribution in [0.5, 0.6) is 0 Å². The van der Waals surface area contributed by atoms with Crippen molar-refractivity contribution in [2.45, 2.75) is 39.7 Å². The molecule has 84 valence electrons. The third kappa shape index (κ3) is 3.58. The Labute approximate surface area is 89.1 Å². The topological polar surface area (TPSA) is 15.3 Å². The first-order chi connectivity index (χ1) is 6.63. The molecule has 1 heterocycles. The monoisotopic (exact) mass is 198 g/mol. The Morgan fingerprint density at radius 3 is 2.64 bits per heavy atom. The van der Waals surface area contributed by atoms with Crippen molar-refractivity contribution in [3.05, 3.63) is 0 Å². The zero-order valence-corrected chi connectivity index (χ0v) is 10.2. The molecular weight excluding hydrogens is 172 g/mol. The van der Waals surface area contributed by atoms with Crippen molar-refractivity contribution in [3.63, 3.8) is 0 Å². The van der Waals surface area contributed by atoms with Gasteiger partial charge in [0, 0.05) is 12.6 Å². The lowest BCUT2D eigenvalue weighted by Crippen LogP contribution is -2.40. The Balaban J connectivity index is 2.20. The van der Waals surface area contributed by atoms with E-state index < -0.39 is 0 Å². The highest BCUT2D eigenvalue weighted by atomic mass is 15.1. The Morgan fingerprint density at radius 1 is 1.36 bits per heavy atom. The predicted octanol–water partition coefficient (Wildman–Crippen LogP) is 1.96. The van der Waals surface area contributed by atoms with Crippen LogP contribution in [0.2, 0.25) is 0 Å². The fraction of sp³-hybridized carbons (Fsp3) is 1.00. The van der Waals surface area contributed by atoms with E-state index in [2.05, 4.69) is 31.0 Å². The summed E-state index contributed by atoms with van der Waals surface area (Å²) in [5, 5.41) is 3.30. The van der Waals surface area contributed by atoms with E-state index in [0.717, 1.165) is 11.8 Å². The Hall–Kier alpha value is -0.0800. The van der Waals surface area contributed by atoms with E-state index in [4.69, 9.17) is 0 Å². The molecule has 0 aromatic heterocycles. The summed E-state index contributed by atoms with van der Waals surface area (Å²) < 4.78 is 0. The molecule has 1 N–H and O–H groups in total. The second-order valence-electron chi connectivity index (χ2n) is 5.02. The summed E-state index contributed by atoms with van der Waals surface area (Å²) in [5.41, 5.74) is 0. The number of nitrogens with one attached hydrogen (secondary N) is 1. The van der Waals surface area contributed by atoms with E-state index in [1.165, 1.54) is 32.5 Å². The first-order valence-electron chi connectivity index (χ1n) is 6.03. The summed E-state index contributed by atoms with van der Waals surface area (Å²) >= 11 is 0. The van der Waals surface area contributed by atoms with Gasteiger partial charge in [-0.1, -0.05) is 13.8 Å². The van der Waals surface area contributed by atoms with Crippen LogP contribution in [0.3, 0.4) is 0 Å². The number of hydrogen-bond acceptors (Lipinski definition) is 2. The summed E-state index contributed by atoms with van der Waals surface area (Å²) in [5.74, 6) is 1.81. The number of rotatable bonds is 4. The van der Waals surface area contributed by atoms with Gasteiger partial charge in [-0.05, 0) is 51.7 Å². The average Bonchev–Trinajstić information content (AvgIpc) is 2.19. The van der Waals surface area contributed by atoms with Crippen molar-refractivity contribution in [1.82, 2.24) is 10.2 Å². The molecule has 3 unspecified atom stereocenters. The summed E-state index contributed by atoms with van der Waals surface area (Å²) in [6.07, 6.45) is 2.66. The van der Waals surface area contributed by atoms with Crippen molar-refractivity contribution in [3.8, 4) is 0 Å². The molecule has 1 fully saturated rings. The molecule has 0 saturated carbocycles. The molecule has 2 heteroatoms. The highest BCUT2D eigenvalue weighted by Gasteiger charge is 2.22. The van der Waals surface area contributed by atoms with Crippen molar-refractivity contribution in [2.24, 2.45) is 11.8 Å². The lowest BCUT2D eigenvalue weighted by molar-refractivity contribution is 0.134. The zero-order chi connectivity index (χ0) is 10.6. The molecule has 1 aliphatic heterocycles. The number of hydrogen-bond donors (Lipinski definition) is 1. The molecule has 14 heavy (non-hydrogen) atoms. The Morgan fingerprint density at radius 2 is 2.07 bits per heavy atom. The van der Waals surface area contributed by atoms with Crippen LogP contribution in [0.25, 0.3) is 0 Å². The van der Waals surface area contributed by atoms with Gasteiger partial charge < -0.3 is 10.2 Å². The number of likely N-dealkylation sites (tertiary alicyclic amines) is 1. The van der Waals surface area contributed by atoms with Crippen molar-refractivity contribution >= 4 is 0 Å². The van der Waals surface area contributed by atoms with Gasteiger partial charge in [0.2, 0.25) is 0 Å². The first-order valence-corrected chi connectivity index (χ1v) is 6.03. The van der Waals surface area contributed by atoms with Crippen molar-refractivity contribution in [2.75, 3.05) is 26.7 Å². The lowest BCUT2D eigenvalue weighted by Gasteiger charge is -2.35. The summed E-state index contributed by atoms with van der Waals surface area (Å²) in [4.78, 5) is 2.62. The molecular formula is C12H26N2. The average molecular weight is 198 g/mol. The van der Waals surface area contributed by atoms with Gasteiger partial charge in [0.1, 0.15) is 0 Å². The SMILES string of the molecule is CNC(C)CCN1CCC(C)C(C)C1. The number of nitrogens with zero attached hydrogens (tertiary/aromatic N) is 1. The third-order valence-electron chi connectivity index (χ3n) is 3.79. The van der Waals surface area contributed by atoms with Gasteiger partial charge in [-0.2, -0.15) is 0 Å². The van der Waals surface area contributed by atoms with E-state index in [0.29, 0.717) is 6.04 Å². The van der Waals surface area contributed by atoms with Crippen molar-refractivity contribution < 1.29 is 0 Å². The molecule has 1 saturated heterocycles. The Bertz CT molecular complexity index is 158. The minimum atomic E-state index is 0.657. The van der Waals surface area contributed by atoms with Crippen LogP contribution in [-0.2, 0) is 0 Å². The van der Waals surface area contributed by atoms with E-state index in [9.17, 15) is 0 Å². The minimum Gasteiger partial charge on any atom is -0.317 e. The highest BCUT2D eigenvalue weighted by molar-refractivity contribution is 4.75. The van der Waals surface area contributed by atoms with Gasteiger partial charge in [0.25, 0.3) is 0 Å². The normalized spacial score (nSPS) is 31.7. The molecule has 0 aliphatic carbocycles. The van der Waals surface area contributed by atoms with Gasteiger partial charge in [0.05, 0.1) is 0 Å². The third-order valence-corrected chi connectivity index (χ3v) is 3.79. The molecule has 3 atom stereocenters. The highest BCUT2D eigenvalue weighted by Crippen LogP contribution is 2.22. The predicted molar refractivity (Wildman–Crippen MR) is 62.5 cm³/mol. The quantitative estimate of drug-likeness (QED) is 0.743. The van der Waals surface area contributed by atoms with Crippen LogP contribution in [0.1, 0.15) is 33.6 Å². The van der Waals surface area contributed by atoms with Crippen molar-refractivity contribution in [1.29, 1.82) is 0 Å². The molecule has 1 rings (SSSR count). The van der Waals surface area contributed by atoms with Gasteiger partial charge in [-0.15, -0.1) is 0 Å². The smallest absolute Gasteiger partial charge is 0.00479 e. The largest absolute Gasteiger partial charge is 0.317 e. The maximum absolute atomic E-state index is 3.30. The molecule has 1 aliphatic rings.